The van der Waals surface area contributed by atoms with Crippen molar-refractivity contribution in [3.8, 4) is 0 Å². The first kappa shape index (κ1) is 16.6. The van der Waals surface area contributed by atoms with Crippen molar-refractivity contribution in [2.75, 3.05) is 7.05 Å². The number of aromatic nitrogens is 4. The average Bonchev–Trinajstić information content (AvgIpc) is 3.15. The van der Waals surface area contributed by atoms with Gasteiger partial charge >= 0.3 is 0 Å². The first-order valence-corrected chi connectivity index (χ1v) is 8.78. The van der Waals surface area contributed by atoms with Crippen LogP contribution in [0.25, 0.3) is 5.65 Å². The summed E-state index contributed by atoms with van der Waals surface area (Å²) >= 11 is 1.68. The van der Waals surface area contributed by atoms with Crippen molar-refractivity contribution in [1.29, 1.82) is 0 Å². The molecule has 0 N–H and O–H groups in total. The molecule has 3 aromatic heterocycles. The van der Waals surface area contributed by atoms with Crippen molar-refractivity contribution < 1.29 is 4.79 Å². The molecule has 24 heavy (non-hydrogen) atoms. The van der Waals surface area contributed by atoms with Gasteiger partial charge in [-0.1, -0.05) is 6.92 Å². The average molecular weight is 343 g/mol. The first-order chi connectivity index (χ1) is 11.4. The van der Waals surface area contributed by atoms with Gasteiger partial charge in [-0.25, -0.2) is 14.5 Å². The van der Waals surface area contributed by atoms with E-state index in [1.54, 1.807) is 26.9 Å². The zero-order valence-corrected chi connectivity index (χ0v) is 15.4. The number of hydrogen-bond acceptors (Lipinski definition) is 5. The van der Waals surface area contributed by atoms with Gasteiger partial charge in [-0.05, 0) is 33.3 Å². The molecule has 3 rings (SSSR count). The predicted molar refractivity (Wildman–Crippen MR) is 94.5 cm³/mol. The van der Waals surface area contributed by atoms with Gasteiger partial charge in [-0.15, -0.1) is 11.3 Å². The molecule has 1 atom stereocenters. The minimum absolute atomic E-state index is 0.0462. The number of carbonyl (C=O) groups is 1. The van der Waals surface area contributed by atoms with Gasteiger partial charge in [-0.3, -0.25) is 4.79 Å². The van der Waals surface area contributed by atoms with Gasteiger partial charge in [0.25, 0.3) is 5.91 Å². The van der Waals surface area contributed by atoms with E-state index in [0.717, 1.165) is 27.7 Å². The number of amides is 1. The van der Waals surface area contributed by atoms with E-state index >= 15 is 0 Å². The van der Waals surface area contributed by atoms with Crippen molar-refractivity contribution in [2.45, 2.75) is 40.2 Å². The number of fused-ring (bicyclic) bond motifs is 1. The molecule has 1 amide bonds. The third kappa shape index (κ3) is 2.80. The Balaban J connectivity index is 1.93. The maximum atomic E-state index is 13.0. The summed E-state index contributed by atoms with van der Waals surface area (Å²) in [6.45, 7) is 8.03. The normalized spacial score (nSPS) is 12.5. The van der Waals surface area contributed by atoms with E-state index in [9.17, 15) is 4.79 Å². The zero-order valence-electron chi connectivity index (χ0n) is 14.6. The molecule has 0 aromatic carbocycles. The number of hydrogen-bond donors (Lipinski definition) is 0. The molecular formula is C17H21N5OS. The van der Waals surface area contributed by atoms with Gasteiger partial charge in [0.05, 0.1) is 22.9 Å². The van der Waals surface area contributed by atoms with Crippen LogP contribution in [0, 0.1) is 13.8 Å². The topological polar surface area (TPSA) is 63.4 Å². The minimum Gasteiger partial charge on any atom is -0.334 e. The second-order valence-electron chi connectivity index (χ2n) is 5.90. The third-order valence-electron chi connectivity index (χ3n) is 4.20. The Labute approximate surface area is 145 Å². The van der Waals surface area contributed by atoms with E-state index in [-0.39, 0.29) is 11.9 Å². The van der Waals surface area contributed by atoms with Crippen LogP contribution in [0.15, 0.2) is 18.5 Å². The highest BCUT2D eigenvalue weighted by molar-refractivity contribution is 7.11. The highest BCUT2D eigenvalue weighted by Gasteiger charge is 2.25. The highest BCUT2D eigenvalue weighted by Crippen LogP contribution is 2.30. The second kappa shape index (κ2) is 6.32. The quantitative estimate of drug-likeness (QED) is 0.730. The Kier molecular flexibility index (Phi) is 4.36. The van der Waals surface area contributed by atoms with Crippen LogP contribution in [0.3, 0.4) is 0 Å². The van der Waals surface area contributed by atoms with Crippen LogP contribution in [-0.4, -0.2) is 37.4 Å². The summed E-state index contributed by atoms with van der Waals surface area (Å²) in [5.41, 5.74) is 2.97. The SMILES string of the molecule is CCc1nc(C)c(C(C)N(C)C(=O)c2cnn3ccc(C)nc23)s1. The van der Waals surface area contributed by atoms with E-state index in [4.69, 9.17) is 0 Å². The van der Waals surface area contributed by atoms with Crippen molar-refractivity contribution in [2.24, 2.45) is 0 Å². The predicted octanol–water partition coefficient (Wildman–Crippen LogP) is 3.20. The van der Waals surface area contributed by atoms with Crippen molar-refractivity contribution in [3.05, 3.63) is 45.3 Å². The third-order valence-corrected chi connectivity index (χ3v) is 5.67. The fourth-order valence-corrected chi connectivity index (χ4v) is 3.76. The fraction of sp³-hybridized carbons (Fsp3) is 0.412. The van der Waals surface area contributed by atoms with Crippen LogP contribution >= 0.6 is 11.3 Å². The molecular weight excluding hydrogens is 322 g/mol. The lowest BCUT2D eigenvalue weighted by molar-refractivity contribution is 0.0746. The minimum atomic E-state index is -0.0820. The maximum absolute atomic E-state index is 13.0. The van der Waals surface area contributed by atoms with Crippen LogP contribution in [0.1, 0.15) is 51.5 Å². The smallest absolute Gasteiger partial charge is 0.259 e. The lowest BCUT2D eigenvalue weighted by Gasteiger charge is -2.24. The molecule has 0 aliphatic rings. The Bertz CT molecular complexity index is 898. The molecule has 0 saturated carbocycles. The molecule has 7 heteroatoms. The number of thiazole rings is 1. The lowest BCUT2D eigenvalue weighted by Crippen LogP contribution is -2.29. The van der Waals surface area contributed by atoms with Gasteiger partial charge < -0.3 is 4.90 Å². The Morgan fingerprint density at radius 3 is 2.79 bits per heavy atom. The molecule has 3 aromatic rings. The summed E-state index contributed by atoms with van der Waals surface area (Å²) in [6, 6.07) is 1.82. The fourth-order valence-electron chi connectivity index (χ4n) is 2.66. The summed E-state index contributed by atoms with van der Waals surface area (Å²) in [7, 11) is 1.82. The van der Waals surface area contributed by atoms with Gasteiger partial charge in [-0.2, -0.15) is 5.10 Å². The van der Waals surface area contributed by atoms with Crippen molar-refractivity contribution in [3.63, 3.8) is 0 Å². The van der Waals surface area contributed by atoms with Gasteiger partial charge in [0.15, 0.2) is 5.65 Å². The molecule has 0 fully saturated rings. The first-order valence-electron chi connectivity index (χ1n) is 7.96. The molecule has 3 heterocycles. The van der Waals surface area contributed by atoms with Crippen molar-refractivity contribution >= 4 is 22.9 Å². The van der Waals surface area contributed by atoms with Crippen LogP contribution in [0.5, 0.6) is 0 Å². The number of carbonyl (C=O) groups excluding carboxylic acids is 1. The Morgan fingerprint density at radius 1 is 1.38 bits per heavy atom. The van der Waals surface area contributed by atoms with E-state index in [1.165, 1.54) is 0 Å². The molecule has 0 aliphatic carbocycles. The highest BCUT2D eigenvalue weighted by atomic mass is 32.1. The maximum Gasteiger partial charge on any atom is 0.259 e. The molecule has 0 spiro atoms. The molecule has 0 radical (unpaired) electrons. The Hall–Kier alpha value is -2.28. The largest absolute Gasteiger partial charge is 0.334 e. The van der Waals surface area contributed by atoms with E-state index in [1.807, 2.05) is 40.1 Å². The van der Waals surface area contributed by atoms with Crippen LogP contribution in [-0.2, 0) is 6.42 Å². The second-order valence-corrected chi connectivity index (χ2v) is 7.01. The van der Waals surface area contributed by atoms with Gasteiger partial charge in [0.2, 0.25) is 0 Å². The van der Waals surface area contributed by atoms with E-state index in [2.05, 4.69) is 22.0 Å². The summed E-state index contributed by atoms with van der Waals surface area (Å²) in [5, 5.41) is 5.33. The molecule has 0 aliphatic heterocycles. The van der Waals surface area contributed by atoms with E-state index in [0.29, 0.717) is 11.2 Å². The number of nitrogens with zero attached hydrogens (tertiary/aromatic N) is 5. The molecule has 126 valence electrons. The summed E-state index contributed by atoms with van der Waals surface area (Å²) < 4.78 is 1.63. The van der Waals surface area contributed by atoms with Crippen LogP contribution in [0.4, 0.5) is 0 Å². The van der Waals surface area contributed by atoms with Gasteiger partial charge in [0.1, 0.15) is 5.56 Å². The number of aryl methyl sites for hydroxylation is 3. The molecule has 6 nitrogen and oxygen atoms in total. The lowest BCUT2D eigenvalue weighted by atomic mass is 10.2. The van der Waals surface area contributed by atoms with E-state index < -0.39 is 0 Å². The molecule has 1 unspecified atom stereocenters. The summed E-state index contributed by atoms with van der Waals surface area (Å²) in [5.74, 6) is -0.0820. The molecule has 0 saturated heterocycles. The van der Waals surface area contributed by atoms with Crippen LogP contribution < -0.4 is 0 Å². The zero-order chi connectivity index (χ0) is 17.4. The van der Waals surface area contributed by atoms with Gasteiger partial charge in [0, 0.05) is 23.8 Å². The summed E-state index contributed by atoms with van der Waals surface area (Å²) in [4.78, 5) is 24.8. The molecule has 0 bridgehead atoms. The van der Waals surface area contributed by atoms with Crippen LogP contribution in [0.2, 0.25) is 0 Å². The van der Waals surface area contributed by atoms with Crippen molar-refractivity contribution in [1.82, 2.24) is 24.5 Å². The standard InChI is InChI=1S/C17H21N5OS/c1-6-14-20-11(3)15(24-14)12(4)21(5)17(23)13-9-18-22-8-7-10(2)19-16(13)22/h7-9,12H,6H2,1-5H3. The number of rotatable bonds is 4. The Morgan fingerprint density at radius 2 is 2.12 bits per heavy atom. The monoisotopic (exact) mass is 343 g/mol. The summed E-state index contributed by atoms with van der Waals surface area (Å²) in [6.07, 6.45) is 4.32.